The molecule has 0 atom stereocenters. The maximum absolute atomic E-state index is 12.9. The molecule has 1 aromatic heterocycles. The number of aromatic nitrogens is 1. The molecule has 1 amide bonds. The quantitative estimate of drug-likeness (QED) is 0.778. The van der Waals surface area contributed by atoms with Crippen LogP contribution in [0.4, 0.5) is 0 Å². The van der Waals surface area contributed by atoms with Gasteiger partial charge in [-0.15, -0.1) is 0 Å². The lowest BCUT2D eigenvalue weighted by molar-refractivity contribution is 0.0624. The molecule has 1 heterocycles. The van der Waals surface area contributed by atoms with Gasteiger partial charge in [0.1, 0.15) is 5.69 Å². The van der Waals surface area contributed by atoms with E-state index in [1.807, 2.05) is 18.0 Å². The predicted octanol–water partition coefficient (Wildman–Crippen LogP) is 4.63. The highest BCUT2D eigenvalue weighted by Crippen LogP contribution is 2.39. The van der Waals surface area contributed by atoms with Crippen LogP contribution < -0.4 is 0 Å². The molecule has 2 fully saturated rings. The van der Waals surface area contributed by atoms with Crippen LogP contribution in [0.25, 0.3) is 0 Å². The summed E-state index contributed by atoms with van der Waals surface area (Å²) in [6.45, 7) is 4.67. The third kappa shape index (κ3) is 3.20. The van der Waals surface area contributed by atoms with Gasteiger partial charge in [0, 0.05) is 29.8 Å². The average Bonchev–Trinajstić information content (AvgIpc) is 3.20. The van der Waals surface area contributed by atoms with E-state index >= 15 is 0 Å². The lowest BCUT2D eigenvalue weighted by atomic mass is 9.75. The number of halogens is 1. The van der Waals surface area contributed by atoms with E-state index in [-0.39, 0.29) is 5.91 Å². The Morgan fingerprint density at radius 1 is 1.29 bits per heavy atom. The van der Waals surface area contributed by atoms with Gasteiger partial charge in [-0.3, -0.25) is 4.79 Å². The summed E-state index contributed by atoms with van der Waals surface area (Å²) in [7, 11) is 1.98. The van der Waals surface area contributed by atoms with Crippen molar-refractivity contribution in [3.63, 3.8) is 0 Å². The number of rotatable bonds is 3. The summed E-state index contributed by atoms with van der Waals surface area (Å²) in [5.74, 6) is 0.178. The third-order valence-electron chi connectivity index (χ3n) is 5.15. The molecule has 0 aromatic carbocycles. The fourth-order valence-electron chi connectivity index (χ4n) is 3.39. The van der Waals surface area contributed by atoms with Crippen molar-refractivity contribution >= 4 is 21.8 Å². The summed E-state index contributed by atoms with van der Waals surface area (Å²) >= 11 is 3.52. The maximum atomic E-state index is 12.9. The van der Waals surface area contributed by atoms with E-state index < -0.39 is 0 Å². The summed E-state index contributed by atoms with van der Waals surface area (Å²) in [5, 5.41) is 0. The van der Waals surface area contributed by atoms with Crippen molar-refractivity contribution in [1.29, 1.82) is 0 Å². The number of amides is 1. The van der Waals surface area contributed by atoms with Gasteiger partial charge in [-0.1, -0.05) is 13.8 Å². The van der Waals surface area contributed by atoms with Gasteiger partial charge < -0.3 is 9.47 Å². The lowest BCUT2D eigenvalue weighted by Crippen LogP contribution is -2.41. The molecule has 4 heteroatoms. The summed E-state index contributed by atoms with van der Waals surface area (Å²) in [4.78, 5) is 14.8. The van der Waals surface area contributed by atoms with Gasteiger partial charge in [0.2, 0.25) is 0 Å². The van der Waals surface area contributed by atoms with Gasteiger partial charge in [0.05, 0.1) is 0 Å². The molecule has 3 nitrogen and oxygen atoms in total. The third-order valence-corrected chi connectivity index (χ3v) is 5.58. The van der Waals surface area contributed by atoms with E-state index in [1.165, 1.54) is 25.7 Å². The molecule has 2 aliphatic carbocycles. The van der Waals surface area contributed by atoms with Gasteiger partial charge in [0.15, 0.2) is 0 Å². The molecular weight excluding hydrogens is 328 g/mol. The van der Waals surface area contributed by atoms with Gasteiger partial charge >= 0.3 is 0 Å². The van der Waals surface area contributed by atoms with Crippen molar-refractivity contribution in [2.24, 2.45) is 5.41 Å². The van der Waals surface area contributed by atoms with Crippen molar-refractivity contribution in [3.8, 4) is 0 Å². The standard InChI is InChI=1S/C17H25BrN2O/c1-17(2)8-6-13(7-9-17)19(3)16(21)15-10-12(18)11-20(15)14-4-5-14/h10-11,13-14H,4-9H2,1-3H3. The van der Waals surface area contributed by atoms with Crippen LogP contribution in [0.15, 0.2) is 16.7 Å². The fourth-order valence-corrected chi connectivity index (χ4v) is 3.83. The first-order valence-corrected chi connectivity index (χ1v) is 8.81. The topological polar surface area (TPSA) is 25.2 Å². The summed E-state index contributed by atoms with van der Waals surface area (Å²) in [6, 6.07) is 2.91. The van der Waals surface area contributed by atoms with Crippen LogP contribution in [-0.2, 0) is 0 Å². The van der Waals surface area contributed by atoms with Crippen LogP contribution in [0, 0.1) is 5.41 Å². The second-order valence-electron chi connectivity index (χ2n) is 7.49. The smallest absolute Gasteiger partial charge is 0.270 e. The second-order valence-corrected chi connectivity index (χ2v) is 8.41. The molecule has 0 bridgehead atoms. The molecule has 21 heavy (non-hydrogen) atoms. The lowest BCUT2D eigenvalue weighted by Gasteiger charge is -2.38. The maximum Gasteiger partial charge on any atom is 0.270 e. The Kier molecular flexibility index (Phi) is 3.93. The van der Waals surface area contributed by atoms with Crippen molar-refractivity contribution in [3.05, 3.63) is 22.4 Å². The second kappa shape index (κ2) is 5.45. The summed E-state index contributed by atoms with van der Waals surface area (Å²) < 4.78 is 3.17. The normalized spacial score (nSPS) is 22.3. The monoisotopic (exact) mass is 352 g/mol. The minimum Gasteiger partial charge on any atom is -0.339 e. The van der Waals surface area contributed by atoms with Crippen molar-refractivity contribution in [2.75, 3.05) is 7.05 Å². The molecule has 3 rings (SSSR count). The van der Waals surface area contributed by atoms with Crippen molar-refractivity contribution < 1.29 is 4.79 Å². The Labute approximate surface area is 135 Å². The van der Waals surface area contributed by atoms with Crippen LogP contribution in [0.2, 0.25) is 0 Å². The Balaban J connectivity index is 1.73. The molecule has 2 saturated carbocycles. The van der Waals surface area contributed by atoms with Crippen LogP contribution in [0.3, 0.4) is 0 Å². The van der Waals surface area contributed by atoms with Crippen LogP contribution in [0.1, 0.15) is 68.9 Å². The number of carbonyl (C=O) groups excluding carboxylic acids is 1. The molecule has 0 unspecified atom stereocenters. The highest BCUT2D eigenvalue weighted by molar-refractivity contribution is 9.10. The average molecular weight is 353 g/mol. The zero-order chi connectivity index (χ0) is 15.2. The molecule has 0 radical (unpaired) electrons. The number of hydrogen-bond acceptors (Lipinski definition) is 1. The Hall–Kier alpha value is -0.770. The fraction of sp³-hybridized carbons (Fsp3) is 0.706. The molecule has 116 valence electrons. The molecule has 0 spiro atoms. The van der Waals surface area contributed by atoms with Crippen molar-refractivity contribution in [2.45, 2.75) is 64.5 Å². The highest BCUT2D eigenvalue weighted by Gasteiger charge is 2.33. The Morgan fingerprint density at radius 3 is 2.48 bits per heavy atom. The number of hydrogen-bond donors (Lipinski definition) is 0. The summed E-state index contributed by atoms with van der Waals surface area (Å²) in [5.41, 5.74) is 1.29. The Morgan fingerprint density at radius 2 is 1.90 bits per heavy atom. The SMILES string of the molecule is CN(C(=O)c1cc(Br)cn1C1CC1)C1CCC(C)(C)CC1. The van der Waals surface area contributed by atoms with Gasteiger partial charge in [0.25, 0.3) is 5.91 Å². The van der Waals surface area contributed by atoms with Gasteiger partial charge in [-0.2, -0.15) is 0 Å². The van der Waals surface area contributed by atoms with E-state index in [0.717, 1.165) is 23.0 Å². The largest absolute Gasteiger partial charge is 0.339 e. The Bertz CT molecular complexity index is 535. The highest BCUT2D eigenvalue weighted by atomic mass is 79.9. The van der Waals surface area contributed by atoms with Gasteiger partial charge in [-0.05, 0) is 65.9 Å². The molecular formula is C17H25BrN2O. The molecule has 1 aromatic rings. The van der Waals surface area contributed by atoms with Crippen molar-refractivity contribution in [1.82, 2.24) is 9.47 Å². The first-order chi connectivity index (χ1) is 9.87. The zero-order valence-corrected chi connectivity index (χ0v) is 14.8. The van der Waals surface area contributed by atoms with E-state index in [0.29, 0.717) is 17.5 Å². The summed E-state index contributed by atoms with van der Waals surface area (Å²) in [6.07, 6.45) is 9.13. The zero-order valence-electron chi connectivity index (χ0n) is 13.2. The first kappa shape index (κ1) is 15.1. The first-order valence-electron chi connectivity index (χ1n) is 8.02. The van der Waals surface area contributed by atoms with E-state index in [2.05, 4.69) is 40.5 Å². The van der Waals surface area contributed by atoms with E-state index in [4.69, 9.17) is 0 Å². The predicted molar refractivity (Wildman–Crippen MR) is 88.5 cm³/mol. The van der Waals surface area contributed by atoms with Gasteiger partial charge in [-0.25, -0.2) is 0 Å². The molecule has 0 N–H and O–H groups in total. The minimum atomic E-state index is 0.178. The van der Waals surface area contributed by atoms with Crippen LogP contribution >= 0.6 is 15.9 Å². The molecule has 0 saturated heterocycles. The van der Waals surface area contributed by atoms with Crippen LogP contribution in [-0.4, -0.2) is 28.5 Å². The van der Waals surface area contributed by atoms with Crippen LogP contribution in [0.5, 0.6) is 0 Å². The molecule has 0 aliphatic heterocycles. The van der Waals surface area contributed by atoms with E-state index in [9.17, 15) is 4.79 Å². The number of carbonyl (C=O) groups is 1. The van der Waals surface area contributed by atoms with E-state index in [1.54, 1.807) is 0 Å². The number of nitrogens with zero attached hydrogens (tertiary/aromatic N) is 2. The molecule has 2 aliphatic rings. The minimum absolute atomic E-state index is 0.178.